The normalized spacial score (nSPS) is 28.4. The minimum Gasteiger partial charge on any atom is -0.0602 e. The lowest BCUT2D eigenvalue weighted by Gasteiger charge is -2.27. The van der Waals surface area contributed by atoms with Gasteiger partial charge in [0.25, 0.3) is 0 Å². The SMILES string of the molecule is CC(C)(C)CCC1CCC(C(C)(C)C)C1. The molecule has 1 fully saturated rings. The lowest BCUT2D eigenvalue weighted by Crippen LogP contribution is -2.17. The van der Waals surface area contributed by atoms with Crippen LogP contribution < -0.4 is 0 Å². The van der Waals surface area contributed by atoms with Crippen LogP contribution >= 0.6 is 0 Å². The second kappa shape index (κ2) is 4.47. The van der Waals surface area contributed by atoms with Crippen LogP contribution in [0, 0.1) is 22.7 Å². The van der Waals surface area contributed by atoms with Gasteiger partial charge in [0.15, 0.2) is 0 Å². The first-order valence-electron chi connectivity index (χ1n) is 6.68. The van der Waals surface area contributed by atoms with Gasteiger partial charge in [-0.05, 0) is 48.3 Å². The monoisotopic (exact) mass is 210 g/mol. The van der Waals surface area contributed by atoms with Gasteiger partial charge >= 0.3 is 0 Å². The van der Waals surface area contributed by atoms with Crippen LogP contribution in [0.1, 0.15) is 73.6 Å². The van der Waals surface area contributed by atoms with E-state index in [1.807, 2.05) is 0 Å². The average molecular weight is 210 g/mol. The first kappa shape index (κ1) is 13.1. The lowest BCUT2D eigenvalue weighted by atomic mass is 9.78. The third kappa shape index (κ3) is 4.57. The molecule has 90 valence electrons. The summed E-state index contributed by atoms with van der Waals surface area (Å²) >= 11 is 0. The van der Waals surface area contributed by atoms with E-state index in [4.69, 9.17) is 0 Å². The van der Waals surface area contributed by atoms with Crippen LogP contribution in [0.2, 0.25) is 0 Å². The summed E-state index contributed by atoms with van der Waals surface area (Å²) in [6.45, 7) is 14.3. The molecule has 1 saturated carbocycles. The van der Waals surface area contributed by atoms with E-state index in [0.717, 1.165) is 11.8 Å². The van der Waals surface area contributed by atoms with Crippen molar-refractivity contribution >= 4 is 0 Å². The van der Waals surface area contributed by atoms with Gasteiger partial charge in [-0.2, -0.15) is 0 Å². The van der Waals surface area contributed by atoms with Crippen LogP contribution in [-0.4, -0.2) is 0 Å². The Balaban J connectivity index is 2.31. The van der Waals surface area contributed by atoms with E-state index in [0.29, 0.717) is 10.8 Å². The van der Waals surface area contributed by atoms with Crippen molar-refractivity contribution in [3.05, 3.63) is 0 Å². The molecule has 0 spiro atoms. The number of rotatable bonds is 2. The van der Waals surface area contributed by atoms with Gasteiger partial charge in [0.2, 0.25) is 0 Å². The third-order valence-corrected chi connectivity index (χ3v) is 4.07. The Kier molecular flexibility index (Phi) is 3.90. The largest absolute Gasteiger partial charge is 0.0602 e. The fraction of sp³-hybridized carbons (Fsp3) is 1.00. The smallest absolute Gasteiger partial charge is 0.0354 e. The molecule has 0 radical (unpaired) electrons. The average Bonchev–Trinajstić information content (AvgIpc) is 2.45. The fourth-order valence-corrected chi connectivity index (χ4v) is 2.76. The molecule has 1 aliphatic rings. The molecule has 0 aromatic carbocycles. The van der Waals surface area contributed by atoms with E-state index >= 15 is 0 Å². The van der Waals surface area contributed by atoms with Crippen molar-refractivity contribution in [1.82, 2.24) is 0 Å². The molecular formula is C15H30. The first-order valence-corrected chi connectivity index (χ1v) is 6.68. The van der Waals surface area contributed by atoms with Gasteiger partial charge in [0, 0.05) is 0 Å². The lowest BCUT2D eigenvalue weighted by molar-refractivity contribution is 0.233. The molecule has 0 saturated heterocycles. The molecule has 0 amide bonds. The quantitative estimate of drug-likeness (QED) is 0.582. The maximum Gasteiger partial charge on any atom is -0.0354 e. The topological polar surface area (TPSA) is 0 Å². The summed E-state index contributed by atoms with van der Waals surface area (Å²) in [5, 5.41) is 0. The molecule has 0 aromatic heterocycles. The van der Waals surface area contributed by atoms with Crippen molar-refractivity contribution < 1.29 is 0 Å². The summed E-state index contributed by atoms with van der Waals surface area (Å²) in [6, 6.07) is 0. The van der Waals surface area contributed by atoms with Crippen LogP contribution in [0.25, 0.3) is 0 Å². The summed E-state index contributed by atoms with van der Waals surface area (Å²) in [7, 11) is 0. The van der Waals surface area contributed by atoms with Crippen LogP contribution in [0.5, 0.6) is 0 Å². The van der Waals surface area contributed by atoms with E-state index < -0.39 is 0 Å². The van der Waals surface area contributed by atoms with Gasteiger partial charge in [-0.15, -0.1) is 0 Å². The minimum atomic E-state index is 0.528. The minimum absolute atomic E-state index is 0.528. The zero-order chi connectivity index (χ0) is 11.7. The third-order valence-electron chi connectivity index (χ3n) is 4.07. The highest BCUT2D eigenvalue weighted by molar-refractivity contribution is 4.84. The Labute approximate surface area is 96.8 Å². The van der Waals surface area contributed by atoms with E-state index in [-0.39, 0.29) is 0 Å². The van der Waals surface area contributed by atoms with Gasteiger partial charge in [0.1, 0.15) is 0 Å². The van der Waals surface area contributed by atoms with Crippen molar-refractivity contribution in [3.8, 4) is 0 Å². The Morgan fingerprint density at radius 2 is 1.53 bits per heavy atom. The molecular weight excluding hydrogens is 180 g/mol. The second-order valence-electron chi connectivity index (χ2n) is 7.84. The summed E-state index contributed by atoms with van der Waals surface area (Å²) in [5.41, 5.74) is 1.07. The van der Waals surface area contributed by atoms with Crippen LogP contribution in [0.4, 0.5) is 0 Å². The molecule has 0 heteroatoms. The molecule has 0 nitrogen and oxygen atoms in total. The van der Waals surface area contributed by atoms with Crippen molar-refractivity contribution in [2.75, 3.05) is 0 Å². The maximum absolute atomic E-state index is 2.41. The van der Waals surface area contributed by atoms with Gasteiger partial charge in [0.05, 0.1) is 0 Å². The van der Waals surface area contributed by atoms with E-state index in [2.05, 4.69) is 41.5 Å². The second-order valence-corrected chi connectivity index (χ2v) is 7.84. The zero-order valence-corrected chi connectivity index (χ0v) is 11.7. The van der Waals surface area contributed by atoms with Crippen molar-refractivity contribution in [3.63, 3.8) is 0 Å². The zero-order valence-electron chi connectivity index (χ0n) is 11.7. The van der Waals surface area contributed by atoms with Crippen molar-refractivity contribution in [1.29, 1.82) is 0 Å². The van der Waals surface area contributed by atoms with Crippen LogP contribution in [0.3, 0.4) is 0 Å². The predicted molar refractivity (Wildman–Crippen MR) is 69.0 cm³/mol. The molecule has 15 heavy (non-hydrogen) atoms. The van der Waals surface area contributed by atoms with Gasteiger partial charge < -0.3 is 0 Å². The highest BCUT2D eigenvalue weighted by atomic mass is 14.4. The molecule has 0 aromatic rings. The summed E-state index contributed by atoms with van der Waals surface area (Å²) in [6.07, 6.45) is 7.29. The molecule has 1 aliphatic carbocycles. The maximum atomic E-state index is 2.41. The molecule has 0 bridgehead atoms. The summed E-state index contributed by atoms with van der Waals surface area (Å²) in [4.78, 5) is 0. The number of hydrogen-bond acceptors (Lipinski definition) is 0. The summed E-state index contributed by atoms with van der Waals surface area (Å²) in [5.74, 6) is 2.00. The molecule has 0 aliphatic heterocycles. The van der Waals surface area contributed by atoms with Gasteiger partial charge in [-0.3, -0.25) is 0 Å². The standard InChI is InChI=1S/C15H30/c1-14(2,3)10-9-12-7-8-13(11-12)15(4,5)6/h12-13H,7-11H2,1-6H3. The van der Waals surface area contributed by atoms with Crippen LogP contribution in [0.15, 0.2) is 0 Å². The van der Waals surface area contributed by atoms with Crippen molar-refractivity contribution in [2.45, 2.75) is 73.6 Å². The van der Waals surface area contributed by atoms with Gasteiger partial charge in [-0.1, -0.05) is 48.0 Å². The molecule has 0 N–H and O–H groups in total. The van der Waals surface area contributed by atoms with E-state index in [1.165, 1.54) is 32.1 Å². The van der Waals surface area contributed by atoms with Crippen LogP contribution in [-0.2, 0) is 0 Å². The fourth-order valence-electron chi connectivity index (χ4n) is 2.76. The Bertz CT molecular complexity index is 189. The highest BCUT2D eigenvalue weighted by Crippen LogP contribution is 2.44. The molecule has 0 heterocycles. The molecule has 2 unspecified atom stereocenters. The molecule has 2 atom stereocenters. The summed E-state index contributed by atoms with van der Waals surface area (Å²) < 4.78 is 0. The molecule has 1 rings (SSSR count). The first-order chi connectivity index (χ1) is 6.68. The Morgan fingerprint density at radius 3 is 1.93 bits per heavy atom. The van der Waals surface area contributed by atoms with E-state index in [1.54, 1.807) is 0 Å². The van der Waals surface area contributed by atoms with Gasteiger partial charge in [-0.25, -0.2) is 0 Å². The van der Waals surface area contributed by atoms with E-state index in [9.17, 15) is 0 Å². The predicted octanol–water partition coefficient (Wildman–Crippen LogP) is 5.28. The Morgan fingerprint density at radius 1 is 0.933 bits per heavy atom. The highest BCUT2D eigenvalue weighted by Gasteiger charge is 2.32. The number of hydrogen-bond donors (Lipinski definition) is 0. The van der Waals surface area contributed by atoms with Crippen molar-refractivity contribution in [2.24, 2.45) is 22.7 Å². The Hall–Kier alpha value is 0.